The molecule has 8 heterocycles. The van der Waals surface area contributed by atoms with E-state index in [0.717, 1.165) is 21.5 Å². The highest BCUT2D eigenvalue weighted by molar-refractivity contribution is 5.99. The number of carboxylic acid groups (broad SMARTS) is 2. The van der Waals surface area contributed by atoms with Gasteiger partial charge in [0.05, 0.1) is 36.1 Å². The third kappa shape index (κ3) is 20.6. The van der Waals surface area contributed by atoms with E-state index in [9.17, 15) is 43.8 Å². The zero-order valence-corrected chi connectivity index (χ0v) is 64.9. The molecule has 12 bridgehead atoms. The van der Waals surface area contributed by atoms with E-state index in [1.165, 1.54) is 19.2 Å². The van der Waals surface area contributed by atoms with Crippen LogP contribution in [0.1, 0.15) is 120 Å². The lowest BCUT2D eigenvalue weighted by molar-refractivity contribution is -0.145. The normalized spacial score (nSPS) is 21.6. The summed E-state index contributed by atoms with van der Waals surface area (Å²) in [5, 5.41) is 68.2. The molecule has 6 aromatic carbocycles. The number of nitrogens with zero attached hydrogens (tertiary/aromatic N) is 8. The minimum Gasteiger partial charge on any atom is -0.487 e. The van der Waals surface area contributed by atoms with Crippen LogP contribution < -0.4 is 52.6 Å². The zero-order valence-electron chi connectivity index (χ0n) is 64.9. The van der Waals surface area contributed by atoms with E-state index in [1.54, 1.807) is 136 Å². The van der Waals surface area contributed by atoms with Crippen LogP contribution in [0.25, 0.3) is 21.5 Å². The maximum Gasteiger partial charge on any atom is 0.326 e. The van der Waals surface area contributed by atoms with Gasteiger partial charge in [-0.15, -0.1) is 10.2 Å². The fraction of sp³-hybridized carbons (Fsp3) is 0.427. The van der Waals surface area contributed by atoms with Gasteiger partial charge in [0, 0.05) is 76.3 Å². The first kappa shape index (κ1) is 82.0. The summed E-state index contributed by atoms with van der Waals surface area (Å²) >= 11 is 0. The molecule has 31 nitrogen and oxygen atoms in total. The summed E-state index contributed by atoms with van der Waals surface area (Å²) in [6, 6.07) is 25.5. The molecule has 8 aromatic rings. The van der Waals surface area contributed by atoms with Gasteiger partial charge in [0.25, 0.3) is 0 Å². The fourth-order valence-electron chi connectivity index (χ4n) is 14.2. The molecule has 596 valence electrons. The molecule has 113 heavy (non-hydrogen) atoms. The standard InChI is InChI=1S/C82H99N17O14/c1-46(83-9)71(101)90-69(81(3,4)5)77(107)96-43-59-39-66(96)75(105)86-63(38-51-20-26-53-16-12-14-18-55(53)34-51)74(104)89-65(80(111)112)36-49-23-30-61(31-24-49)113-45-58-42-99(95-93-58)60-40-67(97(44-60)78(108)70(82(6,7)8)91-72(102)47(2)84-10)76(106)87-62(37-50-19-25-52-15-11-13-17-54(52)33-50)73(103)88-64(79(109)110)35-48-21-27-56(28-22-48)85-68(100)32-29-57-41-98(59)94-92-57/h11-28,30-31,33-34,41-42,46-47,59-60,62-67,69-70,83-84H,29,32,35-40,43-45H2,1-10H3,(H,85,100)(H,86,105)(H,87,106)(H,88,103)(H,89,104)(H,90,101)(H,91,102)(H,109,110)(H,111,112). The van der Waals surface area contributed by atoms with Crippen molar-refractivity contribution < 1.29 is 67.7 Å². The van der Waals surface area contributed by atoms with Crippen LogP contribution in [0.3, 0.4) is 0 Å². The van der Waals surface area contributed by atoms with Crippen molar-refractivity contribution in [2.45, 2.75) is 186 Å². The molecule has 2 aromatic heterocycles. The van der Waals surface area contributed by atoms with E-state index in [0.29, 0.717) is 45.1 Å². The van der Waals surface area contributed by atoms with E-state index in [4.69, 9.17) is 4.74 Å². The fourth-order valence-corrected chi connectivity index (χ4v) is 14.2. The largest absolute Gasteiger partial charge is 0.487 e. The Morgan fingerprint density at radius 3 is 1.36 bits per heavy atom. The molecule has 2 saturated heterocycles. The average molecular weight is 1550 g/mol. The van der Waals surface area contributed by atoms with Crippen molar-refractivity contribution in [3.8, 4) is 5.75 Å². The third-order valence-electron chi connectivity index (χ3n) is 21.1. The van der Waals surface area contributed by atoms with Crippen LogP contribution in [0.2, 0.25) is 0 Å². The van der Waals surface area contributed by atoms with Crippen molar-refractivity contribution >= 4 is 92.3 Å². The molecule has 12 atom stereocenters. The van der Waals surface area contributed by atoms with Gasteiger partial charge in [0.15, 0.2) is 0 Å². The molecule has 9 amide bonds. The number of aromatic nitrogens is 6. The van der Waals surface area contributed by atoms with Gasteiger partial charge in [-0.1, -0.05) is 161 Å². The number of anilines is 1. The van der Waals surface area contributed by atoms with Crippen LogP contribution in [0, 0.1) is 10.8 Å². The lowest BCUT2D eigenvalue weighted by Crippen LogP contribution is -2.60. The summed E-state index contributed by atoms with van der Waals surface area (Å²) in [4.78, 5) is 161. The first-order valence-corrected chi connectivity index (χ1v) is 37.9. The third-order valence-corrected chi connectivity index (χ3v) is 21.1. The second kappa shape index (κ2) is 35.6. The van der Waals surface area contributed by atoms with Crippen molar-refractivity contribution in [1.29, 1.82) is 0 Å². The molecule has 2 fully saturated rings. The topological polar surface area (TPSA) is 414 Å². The number of carbonyl (C=O) groups is 11. The monoisotopic (exact) mass is 1550 g/mol. The number of rotatable bonds is 14. The lowest BCUT2D eigenvalue weighted by Gasteiger charge is -2.36. The van der Waals surface area contributed by atoms with E-state index in [-0.39, 0.29) is 71.1 Å². The molecular weight excluding hydrogens is 1450 g/mol. The number of nitrogens with one attached hydrogen (secondary N) is 9. The predicted molar refractivity (Wildman–Crippen MR) is 418 cm³/mol. The second-order valence-corrected chi connectivity index (χ2v) is 31.6. The molecule has 6 aliphatic rings. The number of likely N-dealkylation sites (N-methyl/N-ethyl adjacent to an activating group) is 2. The Kier molecular flexibility index (Phi) is 25.8. The van der Waals surface area contributed by atoms with Crippen LogP contribution in [-0.4, -0.2) is 203 Å². The summed E-state index contributed by atoms with van der Waals surface area (Å²) in [5.74, 6) is -8.13. The molecule has 6 aliphatic heterocycles. The highest BCUT2D eigenvalue weighted by atomic mass is 16.5. The minimum absolute atomic E-state index is 0.0522. The van der Waals surface area contributed by atoms with Gasteiger partial charge in [0.2, 0.25) is 53.2 Å². The molecule has 11 N–H and O–H groups in total. The molecule has 14 rings (SSSR count). The predicted octanol–water partition coefficient (Wildman–Crippen LogP) is 4.28. The van der Waals surface area contributed by atoms with Gasteiger partial charge >= 0.3 is 11.9 Å². The zero-order chi connectivity index (χ0) is 81.2. The number of ether oxygens (including phenoxy) is 1. The summed E-state index contributed by atoms with van der Waals surface area (Å²) in [6.07, 6.45) is 2.44. The number of benzene rings is 6. The summed E-state index contributed by atoms with van der Waals surface area (Å²) < 4.78 is 9.19. The molecule has 0 saturated carbocycles. The Morgan fingerprint density at radius 2 is 0.938 bits per heavy atom. The van der Waals surface area contributed by atoms with Gasteiger partial charge in [0.1, 0.15) is 66.4 Å². The Hall–Kier alpha value is -12.0. The van der Waals surface area contributed by atoms with Crippen molar-refractivity contribution in [2.24, 2.45) is 10.8 Å². The van der Waals surface area contributed by atoms with E-state index in [1.807, 2.05) is 78.9 Å². The number of carbonyl (C=O) groups excluding carboxylic acids is 9. The van der Waals surface area contributed by atoms with Gasteiger partial charge in [-0.05, 0) is 107 Å². The van der Waals surface area contributed by atoms with Crippen molar-refractivity contribution in [2.75, 3.05) is 32.5 Å². The molecule has 31 heteroatoms. The molecule has 0 spiro atoms. The number of likely N-dealkylation sites (tertiary alicyclic amines) is 2. The van der Waals surface area contributed by atoms with Crippen LogP contribution in [0.15, 0.2) is 146 Å². The summed E-state index contributed by atoms with van der Waals surface area (Å²) in [5.41, 5.74) is 1.49. The number of aliphatic carboxylic acids is 2. The highest BCUT2D eigenvalue weighted by Crippen LogP contribution is 2.34. The molecule has 0 radical (unpaired) electrons. The first-order chi connectivity index (χ1) is 53.8. The highest BCUT2D eigenvalue weighted by Gasteiger charge is 2.49. The number of fused-ring (bicyclic) bond motifs is 2. The Balaban J connectivity index is 0.913. The second-order valence-electron chi connectivity index (χ2n) is 31.6. The van der Waals surface area contributed by atoms with Gasteiger partial charge in [-0.3, -0.25) is 43.2 Å². The van der Waals surface area contributed by atoms with Gasteiger partial charge in [-0.2, -0.15) is 0 Å². The van der Waals surface area contributed by atoms with E-state index in [2.05, 4.69) is 68.5 Å². The first-order valence-electron chi connectivity index (χ1n) is 37.9. The summed E-state index contributed by atoms with van der Waals surface area (Å²) in [7, 11) is 3.21. The quantitative estimate of drug-likeness (QED) is 0.0723. The smallest absolute Gasteiger partial charge is 0.326 e. The number of amides is 9. The number of hydrogen-bond acceptors (Lipinski definition) is 18. The Labute approximate surface area is 653 Å². The van der Waals surface area contributed by atoms with Crippen molar-refractivity contribution in [1.82, 2.24) is 82.3 Å². The van der Waals surface area contributed by atoms with Crippen LogP contribution in [0.4, 0.5) is 5.69 Å². The van der Waals surface area contributed by atoms with Crippen molar-refractivity contribution in [3.05, 3.63) is 179 Å². The number of hydrogen-bond donors (Lipinski definition) is 11. The lowest BCUT2D eigenvalue weighted by atomic mass is 9.85. The minimum atomic E-state index is -1.53. The average Bonchev–Trinajstić information content (AvgIpc) is 1.66. The van der Waals surface area contributed by atoms with Crippen LogP contribution >= 0.6 is 0 Å². The van der Waals surface area contributed by atoms with Gasteiger partial charge < -0.3 is 72.6 Å². The molecule has 12 unspecified atom stereocenters. The Morgan fingerprint density at radius 1 is 0.522 bits per heavy atom. The maximum absolute atomic E-state index is 15.3. The van der Waals surface area contributed by atoms with E-state index < -0.39 is 148 Å². The number of aryl methyl sites for hydroxylation is 1. The number of carboxylic acids is 2. The summed E-state index contributed by atoms with van der Waals surface area (Å²) in [6.45, 7) is 13.6. The molecular formula is C82H99N17O14. The SMILES string of the molecule is CNC(C)C(=O)NC(C(=O)N1CC2CC1C(=O)NC(Cc1ccc3ccccc3c1)C(=O)NC(C(=O)O)Cc1ccc(cc1)OCc1cn(nn1)C1CC(C(=O)NC(Cc3ccc4ccccc4c3)C(=O)NC(C(=O)O)Cc3ccc(cc3)NC(=O)CCc3cn2nn3)N(C(=O)C(NC(=O)C(C)NC)C(C)(C)C)C1)C(C)(C)C. The van der Waals surface area contributed by atoms with Gasteiger partial charge in [-0.25, -0.2) is 19.0 Å². The maximum atomic E-state index is 15.3. The Bertz CT molecular complexity index is 4840. The van der Waals surface area contributed by atoms with Crippen molar-refractivity contribution in [3.63, 3.8) is 0 Å². The van der Waals surface area contributed by atoms with E-state index >= 15 is 19.2 Å². The van der Waals surface area contributed by atoms with Crippen LogP contribution in [0.5, 0.6) is 5.75 Å². The van der Waals surface area contributed by atoms with Crippen LogP contribution in [-0.2, 0) is 91.5 Å². The molecule has 0 aliphatic carbocycles.